The molecule has 2 N–H and O–H groups in total. The Kier molecular flexibility index (Phi) is 8.28. The topological polar surface area (TPSA) is 101 Å². The number of rotatable bonds is 7. The van der Waals surface area contributed by atoms with Crippen molar-refractivity contribution in [3.8, 4) is 5.69 Å². The largest absolute Gasteiger partial charge is 0.416 e. The number of carbonyl (C=O) groups is 1. The first-order valence-electron chi connectivity index (χ1n) is 13.6. The molecule has 1 fully saturated rings. The van der Waals surface area contributed by atoms with Crippen LogP contribution in [0.4, 0.5) is 24.8 Å². The van der Waals surface area contributed by atoms with Crippen molar-refractivity contribution in [2.45, 2.75) is 44.8 Å². The van der Waals surface area contributed by atoms with Gasteiger partial charge in [0.1, 0.15) is 5.56 Å². The highest BCUT2D eigenvalue weighted by atomic mass is 19.4. The molecule has 0 atom stereocenters. The van der Waals surface area contributed by atoms with E-state index < -0.39 is 23.1 Å². The highest BCUT2D eigenvalue weighted by Crippen LogP contribution is 2.31. The average molecular weight is 581 g/mol. The van der Waals surface area contributed by atoms with Gasteiger partial charge in [-0.15, -0.1) is 0 Å². The maximum Gasteiger partial charge on any atom is 0.416 e. The summed E-state index contributed by atoms with van der Waals surface area (Å²) in [6.45, 7) is 6.58. The number of fused-ring (bicyclic) bond motifs is 1. The molecule has 5 rings (SSSR count). The summed E-state index contributed by atoms with van der Waals surface area (Å²) in [5.41, 5.74) is 2.70. The molecule has 2 aromatic heterocycles. The summed E-state index contributed by atoms with van der Waals surface area (Å²) in [5, 5.41) is 3.15. The van der Waals surface area contributed by atoms with Crippen LogP contribution >= 0.6 is 0 Å². The molecule has 0 bridgehead atoms. The minimum atomic E-state index is -4.52. The van der Waals surface area contributed by atoms with Crippen molar-refractivity contribution in [2.75, 3.05) is 25.5 Å². The van der Waals surface area contributed by atoms with Crippen LogP contribution in [0.1, 0.15) is 54.1 Å². The summed E-state index contributed by atoms with van der Waals surface area (Å²) in [6.07, 6.45) is 0.189. The first-order valence-corrected chi connectivity index (χ1v) is 13.6. The number of pyridine rings is 1. The average Bonchev–Trinajstić information content (AvgIpc) is 2.97. The van der Waals surface area contributed by atoms with E-state index in [2.05, 4.69) is 56.5 Å². The van der Waals surface area contributed by atoms with Crippen LogP contribution in [0.5, 0.6) is 0 Å². The summed E-state index contributed by atoms with van der Waals surface area (Å²) in [5.74, 6) is -0.148. The van der Waals surface area contributed by atoms with Gasteiger partial charge in [0.15, 0.2) is 5.65 Å². The predicted octanol–water partition coefficient (Wildman–Crippen LogP) is 5.42. The summed E-state index contributed by atoms with van der Waals surface area (Å²) in [4.78, 5) is 41.6. The van der Waals surface area contributed by atoms with Crippen LogP contribution in [0.25, 0.3) is 16.7 Å². The van der Waals surface area contributed by atoms with Crippen LogP contribution in [0.15, 0.2) is 65.7 Å². The van der Waals surface area contributed by atoms with Crippen molar-refractivity contribution < 1.29 is 22.8 Å². The molecule has 0 saturated carbocycles. The molecule has 220 valence electrons. The summed E-state index contributed by atoms with van der Waals surface area (Å²) in [6, 6.07) is 12.9. The number of piperidine rings is 1. The van der Waals surface area contributed by atoms with Crippen molar-refractivity contribution in [3.63, 3.8) is 0 Å². The van der Waals surface area contributed by atoms with Gasteiger partial charge in [-0.05, 0) is 87.7 Å². The van der Waals surface area contributed by atoms with E-state index in [0.29, 0.717) is 12.0 Å². The van der Waals surface area contributed by atoms with Gasteiger partial charge in [0.2, 0.25) is 11.4 Å². The maximum absolute atomic E-state index is 13.2. The first-order chi connectivity index (χ1) is 20.0. The van der Waals surface area contributed by atoms with Crippen LogP contribution in [-0.4, -0.2) is 51.6 Å². The normalized spacial score (nSPS) is 14.8. The van der Waals surface area contributed by atoms with Gasteiger partial charge in [-0.3, -0.25) is 14.4 Å². The Morgan fingerprint density at radius 2 is 1.71 bits per heavy atom. The van der Waals surface area contributed by atoms with Crippen molar-refractivity contribution in [1.82, 2.24) is 24.9 Å². The molecule has 12 heteroatoms. The van der Waals surface area contributed by atoms with E-state index in [-0.39, 0.29) is 28.2 Å². The molecule has 1 aliphatic heterocycles. The molecule has 1 aliphatic rings. The van der Waals surface area contributed by atoms with Crippen LogP contribution in [0, 0.1) is 0 Å². The quantitative estimate of drug-likeness (QED) is 0.282. The van der Waals surface area contributed by atoms with E-state index in [9.17, 15) is 22.8 Å². The fourth-order valence-corrected chi connectivity index (χ4v) is 5.20. The zero-order chi connectivity index (χ0) is 30.0. The summed E-state index contributed by atoms with van der Waals surface area (Å²) >= 11 is 0. The molecule has 0 spiro atoms. The third kappa shape index (κ3) is 6.14. The number of hydrogen-bond acceptors (Lipinski definition) is 7. The number of nitrogens with one attached hydrogen (secondary N) is 2. The minimum absolute atomic E-state index is 0.00675. The van der Waals surface area contributed by atoms with Crippen molar-refractivity contribution >= 4 is 28.6 Å². The van der Waals surface area contributed by atoms with E-state index >= 15 is 0 Å². The maximum atomic E-state index is 13.2. The SMILES string of the molecule is CONC(=O)c1cn(-c2ccc(C(F)(F)F)cc2)c2nc(Nc3ccc(C4CCN(C(C)C)CC4)cc3)ncc2c1=O. The van der Waals surface area contributed by atoms with Crippen molar-refractivity contribution in [1.29, 1.82) is 0 Å². The zero-order valence-electron chi connectivity index (χ0n) is 23.4. The van der Waals surface area contributed by atoms with Gasteiger partial charge in [0, 0.05) is 29.8 Å². The minimum Gasteiger partial charge on any atom is -0.324 e. The van der Waals surface area contributed by atoms with Crippen LogP contribution < -0.4 is 16.2 Å². The third-order valence-electron chi connectivity index (χ3n) is 7.55. The third-order valence-corrected chi connectivity index (χ3v) is 7.55. The molecule has 0 aliphatic carbocycles. The number of likely N-dealkylation sites (tertiary alicyclic amines) is 1. The number of hydrogen-bond donors (Lipinski definition) is 2. The number of nitrogens with zero attached hydrogens (tertiary/aromatic N) is 4. The lowest BCUT2D eigenvalue weighted by atomic mass is 9.89. The number of carbonyl (C=O) groups excluding carboxylic acids is 1. The Balaban J connectivity index is 1.46. The van der Waals surface area contributed by atoms with Crippen LogP contribution in [0.2, 0.25) is 0 Å². The van der Waals surface area contributed by atoms with Gasteiger partial charge >= 0.3 is 6.18 Å². The smallest absolute Gasteiger partial charge is 0.324 e. The molecule has 1 saturated heterocycles. The highest BCUT2D eigenvalue weighted by Gasteiger charge is 2.30. The van der Waals surface area contributed by atoms with Gasteiger partial charge in [-0.2, -0.15) is 18.2 Å². The van der Waals surface area contributed by atoms with Crippen LogP contribution in [0.3, 0.4) is 0 Å². The summed E-state index contributed by atoms with van der Waals surface area (Å²) < 4.78 is 40.9. The van der Waals surface area contributed by atoms with E-state index in [0.717, 1.165) is 43.8 Å². The molecule has 0 unspecified atom stereocenters. The number of halogens is 3. The molecular weight excluding hydrogens is 549 g/mol. The number of amides is 1. The standard InChI is InChI=1S/C30H31F3N6O3/c1-18(2)38-14-12-20(13-15-38)19-4-8-22(9-5-19)35-29-34-16-24-26(40)25(28(41)37-42-3)17-39(27(24)36-29)23-10-6-21(7-11-23)30(31,32)33/h4-11,16-18,20H,12-15H2,1-3H3,(H,37,41)(H,34,35,36). The van der Waals surface area contributed by atoms with Gasteiger partial charge in [-0.25, -0.2) is 10.5 Å². The van der Waals surface area contributed by atoms with E-state index in [4.69, 9.17) is 0 Å². The second-order valence-electron chi connectivity index (χ2n) is 10.5. The molecule has 2 aromatic carbocycles. The Morgan fingerprint density at radius 3 is 2.31 bits per heavy atom. The van der Waals surface area contributed by atoms with E-state index in [1.807, 2.05) is 12.1 Å². The molecule has 4 aromatic rings. The predicted molar refractivity (Wildman–Crippen MR) is 153 cm³/mol. The molecule has 0 radical (unpaired) electrons. The molecule has 1 amide bonds. The fraction of sp³-hybridized carbons (Fsp3) is 0.333. The Bertz CT molecular complexity index is 1630. The number of benzene rings is 2. The highest BCUT2D eigenvalue weighted by molar-refractivity contribution is 5.96. The lowest BCUT2D eigenvalue weighted by molar-refractivity contribution is -0.137. The van der Waals surface area contributed by atoms with E-state index in [1.54, 1.807) is 0 Å². The lowest BCUT2D eigenvalue weighted by Crippen LogP contribution is -2.37. The Labute approximate surface area is 240 Å². The first kappa shape index (κ1) is 29.2. The Hall–Kier alpha value is -4.29. The van der Waals surface area contributed by atoms with Gasteiger partial charge in [0.05, 0.1) is 18.1 Å². The van der Waals surface area contributed by atoms with Crippen LogP contribution in [-0.2, 0) is 11.0 Å². The second kappa shape index (κ2) is 11.9. The molecular formula is C30H31F3N6O3. The molecule has 9 nitrogen and oxygen atoms in total. The number of anilines is 2. The van der Waals surface area contributed by atoms with Gasteiger partial charge in [-0.1, -0.05) is 12.1 Å². The van der Waals surface area contributed by atoms with Crippen molar-refractivity contribution in [3.05, 3.63) is 87.8 Å². The fourth-order valence-electron chi connectivity index (χ4n) is 5.20. The zero-order valence-corrected chi connectivity index (χ0v) is 23.4. The second-order valence-corrected chi connectivity index (χ2v) is 10.5. The Morgan fingerprint density at radius 1 is 1.05 bits per heavy atom. The number of alkyl halides is 3. The monoisotopic (exact) mass is 580 g/mol. The molecule has 3 heterocycles. The van der Waals surface area contributed by atoms with Gasteiger partial charge < -0.3 is 14.8 Å². The lowest BCUT2D eigenvalue weighted by Gasteiger charge is -2.34. The van der Waals surface area contributed by atoms with Gasteiger partial charge in [0.25, 0.3) is 5.91 Å². The summed E-state index contributed by atoms with van der Waals surface area (Å²) in [7, 11) is 1.22. The van der Waals surface area contributed by atoms with Crippen molar-refractivity contribution in [2.24, 2.45) is 0 Å². The molecule has 42 heavy (non-hydrogen) atoms. The number of aromatic nitrogens is 3. The van der Waals surface area contributed by atoms with E-state index in [1.165, 1.54) is 41.8 Å². The number of hydroxylamine groups is 1.